The van der Waals surface area contributed by atoms with Gasteiger partial charge in [0.2, 0.25) is 5.91 Å². The van der Waals surface area contributed by atoms with Gasteiger partial charge in [-0.1, -0.05) is 6.92 Å². The molecule has 0 aromatic carbocycles. The van der Waals surface area contributed by atoms with E-state index in [1.807, 2.05) is 13.8 Å². The van der Waals surface area contributed by atoms with Crippen LogP contribution in [0.3, 0.4) is 0 Å². The summed E-state index contributed by atoms with van der Waals surface area (Å²) in [4.78, 5) is 11.9. The second-order valence-electron chi connectivity index (χ2n) is 4.67. The second kappa shape index (κ2) is 5.31. The molecule has 0 aromatic rings. The highest BCUT2D eigenvalue weighted by Crippen LogP contribution is 2.21. The lowest BCUT2D eigenvalue weighted by Crippen LogP contribution is -2.46. The summed E-state index contributed by atoms with van der Waals surface area (Å²) in [5.41, 5.74) is -0.901. The van der Waals surface area contributed by atoms with Crippen LogP contribution in [0.5, 0.6) is 0 Å². The van der Waals surface area contributed by atoms with Crippen molar-refractivity contribution in [2.75, 3.05) is 6.61 Å². The summed E-state index contributed by atoms with van der Waals surface area (Å²) in [5.74, 6) is -0.156. The Bertz CT molecular complexity index is 298. The van der Waals surface area contributed by atoms with Crippen molar-refractivity contribution >= 4 is 5.91 Å². The molecule has 16 heavy (non-hydrogen) atoms. The maximum absolute atomic E-state index is 11.9. The highest BCUT2D eigenvalue weighted by Gasteiger charge is 2.33. The van der Waals surface area contributed by atoms with Gasteiger partial charge in [0.1, 0.15) is 5.41 Å². The zero-order chi connectivity index (χ0) is 12.2. The van der Waals surface area contributed by atoms with Gasteiger partial charge in [-0.3, -0.25) is 4.79 Å². The van der Waals surface area contributed by atoms with E-state index in [4.69, 9.17) is 10.00 Å². The summed E-state index contributed by atoms with van der Waals surface area (Å²) >= 11 is 0. The Morgan fingerprint density at radius 1 is 1.69 bits per heavy atom. The molecule has 0 radical (unpaired) electrons. The first kappa shape index (κ1) is 13.0. The van der Waals surface area contributed by atoms with Crippen LogP contribution in [0.2, 0.25) is 0 Å². The molecule has 0 aliphatic carbocycles. The molecule has 0 saturated carbocycles. The Hall–Kier alpha value is -1.08. The van der Waals surface area contributed by atoms with Gasteiger partial charge in [0.05, 0.1) is 12.2 Å². The number of carbonyl (C=O) groups is 1. The molecule has 1 rings (SSSR count). The van der Waals surface area contributed by atoms with Crippen LogP contribution in [0.25, 0.3) is 0 Å². The second-order valence-corrected chi connectivity index (χ2v) is 4.67. The first-order chi connectivity index (χ1) is 7.51. The lowest BCUT2D eigenvalue weighted by Gasteiger charge is -2.30. The van der Waals surface area contributed by atoms with E-state index in [2.05, 4.69) is 11.4 Å². The SMILES string of the molecule is CCC(C)(C#N)C(=O)NC1CCOC(C)C1. The van der Waals surface area contributed by atoms with Gasteiger partial charge in [-0.2, -0.15) is 5.26 Å². The average molecular weight is 224 g/mol. The number of nitrogens with one attached hydrogen (secondary N) is 1. The van der Waals surface area contributed by atoms with Crippen LogP contribution in [0.4, 0.5) is 0 Å². The van der Waals surface area contributed by atoms with Crippen molar-refractivity contribution < 1.29 is 9.53 Å². The Kier molecular flexibility index (Phi) is 4.31. The predicted octanol–water partition coefficient (Wildman–Crippen LogP) is 1.61. The zero-order valence-corrected chi connectivity index (χ0v) is 10.2. The van der Waals surface area contributed by atoms with Crippen LogP contribution in [0, 0.1) is 16.7 Å². The molecule has 4 heteroatoms. The topological polar surface area (TPSA) is 62.1 Å². The quantitative estimate of drug-likeness (QED) is 0.792. The number of hydrogen-bond donors (Lipinski definition) is 1. The monoisotopic (exact) mass is 224 g/mol. The highest BCUT2D eigenvalue weighted by molar-refractivity contribution is 5.85. The van der Waals surface area contributed by atoms with Gasteiger partial charge in [-0.05, 0) is 33.1 Å². The van der Waals surface area contributed by atoms with Gasteiger partial charge in [0.15, 0.2) is 0 Å². The minimum atomic E-state index is -0.901. The van der Waals surface area contributed by atoms with Crippen molar-refractivity contribution in [2.45, 2.75) is 52.2 Å². The first-order valence-electron chi connectivity index (χ1n) is 5.85. The van der Waals surface area contributed by atoms with Crippen molar-refractivity contribution in [2.24, 2.45) is 5.41 Å². The summed E-state index contributed by atoms with van der Waals surface area (Å²) in [5, 5.41) is 12.0. The molecular formula is C12H20N2O2. The Labute approximate surface area is 97.0 Å². The normalized spacial score (nSPS) is 28.9. The highest BCUT2D eigenvalue weighted by atomic mass is 16.5. The molecule has 3 unspecified atom stereocenters. The fourth-order valence-electron chi connectivity index (χ4n) is 1.76. The smallest absolute Gasteiger partial charge is 0.240 e. The van der Waals surface area contributed by atoms with E-state index in [1.165, 1.54) is 0 Å². The Morgan fingerprint density at radius 2 is 2.38 bits per heavy atom. The first-order valence-corrected chi connectivity index (χ1v) is 5.85. The molecule has 0 bridgehead atoms. The predicted molar refractivity (Wildman–Crippen MR) is 60.6 cm³/mol. The average Bonchev–Trinajstić information content (AvgIpc) is 2.28. The van der Waals surface area contributed by atoms with Gasteiger partial charge in [0, 0.05) is 12.6 Å². The Morgan fingerprint density at radius 3 is 2.88 bits per heavy atom. The summed E-state index contributed by atoms with van der Waals surface area (Å²) < 4.78 is 5.41. The zero-order valence-electron chi connectivity index (χ0n) is 10.2. The lowest BCUT2D eigenvalue weighted by atomic mass is 9.87. The number of nitrogens with zero attached hydrogens (tertiary/aromatic N) is 1. The molecule has 90 valence electrons. The fraction of sp³-hybridized carbons (Fsp3) is 0.833. The van der Waals surface area contributed by atoms with Crippen molar-refractivity contribution in [3.63, 3.8) is 0 Å². The standard InChI is InChI=1S/C12H20N2O2/c1-4-12(3,8-13)11(15)14-10-5-6-16-9(2)7-10/h9-10H,4-7H2,1-3H3,(H,14,15). The van der Waals surface area contributed by atoms with Crippen molar-refractivity contribution in [1.82, 2.24) is 5.32 Å². The van der Waals surface area contributed by atoms with Crippen molar-refractivity contribution in [1.29, 1.82) is 5.26 Å². The number of amides is 1. The molecular weight excluding hydrogens is 204 g/mol. The van der Waals surface area contributed by atoms with E-state index >= 15 is 0 Å². The third kappa shape index (κ3) is 2.96. The van der Waals surface area contributed by atoms with Crippen LogP contribution in [0.1, 0.15) is 40.0 Å². The van der Waals surface area contributed by atoms with Crippen molar-refractivity contribution in [3.8, 4) is 6.07 Å². The van der Waals surface area contributed by atoms with Gasteiger partial charge in [0.25, 0.3) is 0 Å². The molecule has 1 N–H and O–H groups in total. The molecule has 1 heterocycles. The minimum absolute atomic E-state index is 0.149. The molecule has 1 aliphatic heterocycles. The van der Waals surface area contributed by atoms with E-state index in [0.717, 1.165) is 12.8 Å². The number of rotatable bonds is 3. The molecule has 1 amide bonds. The molecule has 0 spiro atoms. The van der Waals surface area contributed by atoms with Gasteiger partial charge >= 0.3 is 0 Å². The molecule has 1 fully saturated rings. The van der Waals surface area contributed by atoms with Gasteiger partial charge < -0.3 is 10.1 Å². The maximum atomic E-state index is 11.9. The largest absolute Gasteiger partial charge is 0.378 e. The van der Waals surface area contributed by atoms with Gasteiger partial charge in [-0.25, -0.2) is 0 Å². The molecule has 1 saturated heterocycles. The Balaban J connectivity index is 2.54. The molecule has 0 aromatic heterocycles. The molecule has 3 atom stereocenters. The van der Waals surface area contributed by atoms with Crippen LogP contribution in [-0.4, -0.2) is 24.7 Å². The number of nitriles is 1. The third-order valence-corrected chi connectivity index (χ3v) is 3.28. The number of hydrogen-bond acceptors (Lipinski definition) is 3. The van der Waals surface area contributed by atoms with E-state index in [9.17, 15) is 4.79 Å². The summed E-state index contributed by atoms with van der Waals surface area (Å²) in [7, 11) is 0. The van der Waals surface area contributed by atoms with E-state index < -0.39 is 5.41 Å². The number of ether oxygens (including phenoxy) is 1. The lowest BCUT2D eigenvalue weighted by molar-refractivity contribution is -0.129. The van der Waals surface area contributed by atoms with Crippen LogP contribution in [-0.2, 0) is 9.53 Å². The minimum Gasteiger partial charge on any atom is -0.378 e. The van der Waals surface area contributed by atoms with Crippen molar-refractivity contribution in [3.05, 3.63) is 0 Å². The van der Waals surface area contributed by atoms with Crippen LogP contribution >= 0.6 is 0 Å². The summed E-state index contributed by atoms with van der Waals surface area (Å²) in [6, 6.07) is 2.23. The summed E-state index contributed by atoms with van der Waals surface area (Å²) in [6.07, 6.45) is 2.39. The third-order valence-electron chi connectivity index (χ3n) is 3.28. The molecule has 4 nitrogen and oxygen atoms in total. The van der Waals surface area contributed by atoms with E-state index in [-0.39, 0.29) is 18.1 Å². The fourth-order valence-corrected chi connectivity index (χ4v) is 1.76. The van der Waals surface area contributed by atoms with Crippen LogP contribution < -0.4 is 5.32 Å². The summed E-state index contributed by atoms with van der Waals surface area (Å²) in [6.45, 7) is 6.23. The number of carbonyl (C=O) groups excluding carboxylic acids is 1. The molecule has 1 aliphatic rings. The maximum Gasteiger partial charge on any atom is 0.240 e. The van der Waals surface area contributed by atoms with Gasteiger partial charge in [-0.15, -0.1) is 0 Å². The van der Waals surface area contributed by atoms with Crippen LogP contribution in [0.15, 0.2) is 0 Å². The van der Waals surface area contributed by atoms with E-state index in [0.29, 0.717) is 13.0 Å². The van der Waals surface area contributed by atoms with E-state index in [1.54, 1.807) is 6.92 Å².